The second-order valence-corrected chi connectivity index (χ2v) is 3.03. The number of aromatic hydroxyl groups is 2. The highest BCUT2D eigenvalue weighted by Crippen LogP contribution is 2.29. The summed E-state index contributed by atoms with van der Waals surface area (Å²) in [7, 11) is 0. The molecule has 72 valence electrons. The lowest BCUT2D eigenvalue weighted by atomic mass is 10.2. The lowest BCUT2D eigenvalue weighted by Crippen LogP contribution is -2.00. The largest absolute Gasteiger partial charge is 0.507 e. The molecule has 1 aromatic heterocycles. The molecule has 0 aliphatic carbocycles. The van der Waals surface area contributed by atoms with E-state index in [4.69, 9.17) is 4.42 Å². The third-order valence-electron chi connectivity index (χ3n) is 1.96. The number of fused-ring (bicyclic) bond motifs is 1. The summed E-state index contributed by atoms with van der Waals surface area (Å²) in [5.74, 6) is 0.0496. The van der Waals surface area contributed by atoms with Gasteiger partial charge in [0.2, 0.25) is 0 Å². The molecule has 1 heterocycles. The average molecular weight is 192 g/mol. The third-order valence-corrected chi connectivity index (χ3v) is 1.96. The summed E-state index contributed by atoms with van der Waals surface area (Å²) in [6.07, 6.45) is 0. The number of benzene rings is 1. The van der Waals surface area contributed by atoms with E-state index in [-0.39, 0.29) is 27.9 Å². The molecule has 1 aromatic carbocycles. The van der Waals surface area contributed by atoms with Crippen molar-refractivity contribution in [1.82, 2.24) is 0 Å². The number of aryl methyl sites for hydroxylation is 1. The van der Waals surface area contributed by atoms with E-state index in [1.54, 1.807) is 6.92 Å². The van der Waals surface area contributed by atoms with Crippen molar-refractivity contribution in [2.45, 2.75) is 6.92 Å². The maximum Gasteiger partial charge on any atom is 0.196 e. The minimum atomic E-state index is -0.364. The molecule has 0 radical (unpaired) electrons. The van der Waals surface area contributed by atoms with Crippen LogP contribution in [0.4, 0.5) is 0 Å². The van der Waals surface area contributed by atoms with E-state index in [0.717, 1.165) is 0 Å². The maximum absolute atomic E-state index is 11.4. The monoisotopic (exact) mass is 192 g/mol. The zero-order chi connectivity index (χ0) is 10.3. The van der Waals surface area contributed by atoms with Crippen LogP contribution in [0, 0.1) is 6.92 Å². The van der Waals surface area contributed by atoms with Crippen molar-refractivity contribution in [1.29, 1.82) is 0 Å². The Hall–Kier alpha value is -1.97. The number of hydrogen-bond acceptors (Lipinski definition) is 4. The van der Waals surface area contributed by atoms with Crippen molar-refractivity contribution in [2.24, 2.45) is 0 Å². The zero-order valence-corrected chi connectivity index (χ0v) is 7.44. The molecule has 0 saturated carbocycles. The fourth-order valence-electron chi connectivity index (χ4n) is 1.35. The topological polar surface area (TPSA) is 70.7 Å². The summed E-state index contributed by atoms with van der Waals surface area (Å²) in [5.41, 5.74) is -0.341. The van der Waals surface area contributed by atoms with Crippen LogP contribution in [0.2, 0.25) is 0 Å². The van der Waals surface area contributed by atoms with Gasteiger partial charge >= 0.3 is 0 Å². The van der Waals surface area contributed by atoms with Gasteiger partial charge in [0.05, 0.1) is 0 Å². The first-order valence-corrected chi connectivity index (χ1v) is 4.05. The lowest BCUT2D eigenvalue weighted by molar-refractivity contribution is 0.449. The second kappa shape index (κ2) is 2.77. The van der Waals surface area contributed by atoms with Gasteiger partial charge in [-0.15, -0.1) is 0 Å². The SMILES string of the molecule is Cc1cc(=O)c2c(O)ccc(O)c2o1. The Labute approximate surface area is 79.0 Å². The average Bonchev–Trinajstić information content (AvgIpc) is 2.10. The summed E-state index contributed by atoms with van der Waals surface area (Å²) in [6, 6.07) is 3.80. The zero-order valence-electron chi connectivity index (χ0n) is 7.44. The van der Waals surface area contributed by atoms with Gasteiger partial charge in [-0.2, -0.15) is 0 Å². The molecule has 0 bridgehead atoms. The van der Waals surface area contributed by atoms with Gasteiger partial charge in [-0.25, -0.2) is 0 Å². The predicted molar refractivity (Wildman–Crippen MR) is 50.6 cm³/mol. The smallest absolute Gasteiger partial charge is 0.196 e. The van der Waals surface area contributed by atoms with Crippen LogP contribution in [0.15, 0.2) is 27.4 Å². The van der Waals surface area contributed by atoms with Crippen molar-refractivity contribution < 1.29 is 14.6 Å². The highest BCUT2D eigenvalue weighted by atomic mass is 16.4. The van der Waals surface area contributed by atoms with Crippen LogP contribution in [-0.4, -0.2) is 10.2 Å². The Morgan fingerprint density at radius 2 is 1.86 bits per heavy atom. The minimum absolute atomic E-state index is 0.00981. The minimum Gasteiger partial charge on any atom is -0.507 e. The van der Waals surface area contributed by atoms with Gasteiger partial charge < -0.3 is 14.6 Å². The molecule has 0 aliphatic rings. The van der Waals surface area contributed by atoms with Crippen LogP contribution in [0.25, 0.3) is 11.0 Å². The number of phenols is 2. The van der Waals surface area contributed by atoms with Crippen LogP contribution >= 0.6 is 0 Å². The molecular weight excluding hydrogens is 184 g/mol. The van der Waals surface area contributed by atoms with Gasteiger partial charge in [-0.3, -0.25) is 4.79 Å². The van der Waals surface area contributed by atoms with E-state index in [1.807, 2.05) is 0 Å². The van der Waals surface area contributed by atoms with Gasteiger partial charge in [0.25, 0.3) is 0 Å². The van der Waals surface area contributed by atoms with Crippen molar-refractivity contribution in [2.75, 3.05) is 0 Å². The summed E-state index contributed by atoms with van der Waals surface area (Å²) < 4.78 is 5.14. The molecule has 0 spiro atoms. The first kappa shape index (κ1) is 8.62. The molecule has 4 nitrogen and oxygen atoms in total. The Kier molecular flexibility index (Phi) is 1.70. The molecular formula is C10H8O4. The molecule has 0 unspecified atom stereocenters. The van der Waals surface area contributed by atoms with Crippen LogP contribution < -0.4 is 5.43 Å². The molecule has 4 heteroatoms. The first-order valence-electron chi connectivity index (χ1n) is 4.05. The number of phenolic OH excluding ortho intramolecular Hbond substituents is 2. The van der Waals surface area contributed by atoms with Gasteiger partial charge in [0.15, 0.2) is 16.8 Å². The van der Waals surface area contributed by atoms with Crippen LogP contribution in [0.3, 0.4) is 0 Å². The molecule has 2 rings (SSSR count). The van der Waals surface area contributed by atoms with Crippen LogP contribution in [0.5, 0.6) is 11.5 Å². The number of hydrogen-bond donors (Lipinski definition) is 2. The number of rotatable bonds is 0. The first-order chi connectivity index (χ1) is 6.59. The van der Waals surface area contributed by atoms with E-state index < -0.39 is 0 Å². The van der Waals surface area contributed by atoms with E-state index in [1.165, 1.54) is 18.2 Å². The fourth-order valence-corrected chi connectivity index (χ4v) is 1.35. The molecule has 0 saturated heterocycles. The van der Waals surface area contributed by atoms with Crippen molar-refractivity contribution in [3.8, 4) is 11.5 Å². The van der Waals surface area contributed by atoms with Gasteiger partial charge in [0, 0.05) is 6.07 Å². The lowest BCUT2D eigenvalue weighted by Gasteiger charge is -2.02. The highest BCUT2D eigenvalue weighted by molar-refractivity contribution is 5.87. The van der Waals surface area contributed by atoms with Gasteiger partial charge in [-0.1, -0.05) is 0 Å². The van der Waals surface area contributed by atoms with Gasteiger partial charge in [-0.05, 0) is 19.1 Å². The predicted octanol–water partition coefficient (Wildman–Crippen LogP) is 1.51. The molecule has 0 fully saturated rings. The summed E-state index contributed by atoms with van der Waals surface area (Å²) in [4.78, 5) is 11.4. The maximum atomic E-state index is 11.4. The molecule has 0 aliphatic heterocycles. The quantitative estimate of drug-likeness (QED) is 0.620. The van der Waals surface area contributed by atoms with E-state index in [0.29, 0.717) is 5.76 Å². The van der Waals surface area contributed by atoms with E-state index >= 15 is 0 Å². The normalized spacial score (nSPS) is 10.6. The third kappa shape index (κ3) is 1.12. The summed E-state index contributed by atoms with van der Waals surface area (Å²) >= 11 is 0. The second-order valence-electron chi connectivity index (χ2n) is 3.03. The Bertz CT molecular complexity index is 554. The van der Waals surface area contributed by atoms with E-state index in [2.05, 4.69) is 0 Å². The van der Waals surface area contributed by atoms with Crippen molar-refractivity contribution >= 4 is 11.0 Å². The fraction of sp³-hybridized carbons (Fsp3) is 0.100. The van der Waals surface area contributed by atoms with Crippen molar-refractivity contribution in [3.05, 3.63) is 34.2 Å². The molecule has 0 atom stereocenters. The van der Waals surface area contributed by atoms with Crippen LogP contribution in [-0.2, 0) is 0 Å². The Balaban J connectivity index is 3.08. The summed E-state index contributed by atoms with van der Waals surface area (Å²) in [6.45, 7) is 1.60. The molecule has 0 amide bonds. The van der Waals surface area contributed by atoms with Crippen molar-refractivity contribution in [3.63, 3.8) is 0 Å². The Morgan fingerprint density at radius 1 is 1.21 bits per heavy atom. The molecule has 2 aromatic rings. The van der Waals surface area contributed by atoms with Gasteiger partial charge in [0.1, 0.15) is 16.9 Å². The molecule has 2 N–H and O–H groups in total. The molecule has 14 heavy (non-hydrogen) atoms. The highest BCUT2D eigenvalue weighted by Gasteiger charge is 2.10. The van der Waals surface area contributed by atoms with Crippen LogP contribution in [0.1, 0.15) is 5.76 Å². The summed E-state index contributed by atoms with van der Waals surface area (Å²) in [5, 5.41) is 18.8. The Morgan fingerprint density at radius 3 is 2.57 bits per heavy atom. The van der Waals surface area contributed by atoms with E-state index in [9.17, 15) is 15.0 Å². The standard InChI is InChI=1S/C10H8O4/c1-5-4-8(13)9-6(11)2-3-7(12)10(9)14-5/h2-4,11-12H,1H3.